The normalized spacial score (nSPS) is 20.9. The minimum Gasteiger partial charge on any atom is -0.371 e. The van der Waals surface area contributed by atoms with Crippen LogP contribution in [0.4, 0.5) is 0 Å². The van der Waals surface area contributed by atoms with E-state index in [0.29, 0.717) is 12.7 Å². The molecule has 0 aromatic heterocycles. The molecular formula is C13H16O2. The van der Waals surface area contributed by atoms with Crippen LogP contribution in [0, 0.1) is 0 Å². The Balaban J connectivity index is 1.81. The molecule has 2 heteroatoms. The van der Waals surface area contributed by atoms with Crippen molar-refractivity contribution in [2.24, 2.45) is 0 Å². The van der Waals surface area contributed by atoms with Crippen LogP contribution in [0.3, 0.4) is 0 Å². The third-order valence-electron chi connectivity index (χ3n) is 2.44. The summed E-state index contributed by atoms with van der Waals surface area (Å²) in [7, 11) is 0. The molecule has 2 rings (SSSR count). The van der Waals surface area contributed by atoms with E-state index in [-0.39, 0.29) is 6.10 Å². The van der Waals surface area contributed by atoms with E-state index in [1.165, 1.54) is 5.56 Å². The molecule has 1 aromatic carbocycles. The van der Waals surface area contributed by atoms with Gasteiger partial charge in [0, 0.05) is 6.42 Å². The summed E-state index contributed by atoms with van der Waals surface area (Å²) in [5, 5.41) is 0. The molecule has 2 nitrogen and oxygen atoms in total. The highest BCUT2D eigenvalue weighted by Gasteiger charge is 2.23. The fourth-order valence-electron chi connectivity index (χ4n) is 1.45. The van der Waals surface area contributed by atoms with Crippen molar-refractivity contribution in [3.8, 4) is 0 Å². The second kappa shape index (κ2) is 5.10. The summed E-state index contributed by atoms with van der Waals surface area (Å²) in [6, 6.07) is 10.3. The Morgan fingerprint density at radius 1 is 1.47 bits per heavy atom. The van der Waals surface area contributed by atoms with Gasteiger partial charge in [-0.25, -0.2) is 0 Å². The predicted molar refractivity (Wildman–Crippen MR) is 59.8 cm³/mol. The lowest BCUT2D eigenvalue weighted by atomic mass is 10.1. The molecule has 1 fully saturated rings. The van der Waals surface area contributed by atoms with E-state index in [1.807, 2.05) is 24.3 Å². The molecule has 0 amide bonds. The molecule has 0 aliphatic carbocycles. The van der Waals surface area contributed by atoms with E-state index in [4.69, 9.17) is 9.47 Å². The van der Waals surface area contributed by atoms with Crippen molar-refractivity contribution in [1.82, 2.24) is 0 Å². The zero-order valence-electron chi connectivity index (χ0n) is 8.76. The van der Waals surface area contributed by atoms with E-state index < -0.39 is 0 Å². The Morgan fingerprint density at radius 2 is 2.20 bits per heavy atom. The Labute approximate surface area is 90.5 Å². The van der Waals surface area contributed by atoms with Crippen molar-refractivity contribution in [2.75, 3.05) is 13.2 Å². The van der Waals surface area contributed by atoms with Crippen molar-refractivity contribution in [3.05, 3.63) is 48.6 Å². The standard InChI is InChI=1S/C13H16O2/c1-2-12(14-9-13-10-15-13)8-11-6-4-3-5-7-11/h2-7,12-13H,1,8-10H2. The van der Waals surface area contributed by atoms with Gasteiger partial charge >= 0.3 is 0 Å². The molecule has 0 spiro atoms. The number of benzene rings is 1. The van der Waals surface area contributed by atoms with Crippen molar-refractivity contribution in [1.29, 1.82) is 0 Å². The molecule has 1 aliphatic heterocycles. The lowest BCUT2D eigenvalue weighted by Gasteiger charge is -2.12. The van der Waals surface area contributed by atoms with Crippen LogP contribution in [0.2, 0.25) is 0 Å². The fraction of sp³-hybridized carbons (Fsp3) is 0.385. The van der Waals surface area contributed by atoms with Crippen LogP contribution < -0.4 is 0 Å². The van der Waals surface area contributed by atoms with Gasteiger partial charge in [0.1, 0.15) is 6.10 Å². The van der Waals surface area contributed by atoms with Gasteiger partial charge in [-0.3, -0.25) is 0 Å². The van der Waals surface area contributed by atoms with Crippen molar-refractivity contribution < 1.29 is 9.47 Å². The maximum absolute atomic E-state index is 5.68. The summed E-state index contributed by atoms with van der Waals surface area (Å²) in [6.45, 7) is 5.32. The summed E-state index contributed by atoms with van der Waals surface area (Å²) in [5.41, 5.74) is 1.28. The zero-order valence-corrected chi connectivity index (χ0v) is 8.76. The van der Waals surface area contributed by atoms with Gasteiger partial charge in [-0.05, 0) is 5.56 Å². The van der Waals surface area contributed by atoms with Gasteiger partial charge in [-0.2, -0.15) is 0 Å². The number of epoxide rings is 1. The van der Waals surface area contributed by atoms with Gasteiger partial charge in [0.25, 0.3) is 0 Å². The molecule has 80 valence electrons. The molecule has 2 atom stereocenters. The molecule has 15 heavy (non-hydrogen) atoms. The molecule has 1 aromatic rings. The van der Waals surface area contributed by atoms with E-state index in [9.17, 15) is 0 Å². The van der Waals surface area contributed by atoms with Crippen molar-refractivity contribution in [2.45, 2.75) is 18.6 Å². The third-order valence-corrected chi connectivity index (χ3v) is 2.44. The second-order valence-corrected chi connectivity index (χ2v) is 3.75. The van der Waals surface area contributed by atoms with Crippen LogP contribution in [0.15, 0.2) is 43.0 Å². The minimum atomic E-state index is 0.0941. The van der Waals surface area contributed by atoms with Crippen molar-refractivity contribution in [3.63, 3.8) is 0 Å². The van der Waals surface area contributed by atoms with Crippen LogP contribution >= 0.6 is 0 Å². The first-order chi connectivity index (χ1) is 7.38. The second-order valence-electron chi connectivity index (χ2n) is 3.75. The summed E-state index contributed by atoms with van der Waals surface area (Å²) < 4.78 is 10.8. The highest BCUT2D eigenvalue weighted by atomic mass is 16.6. The predicted octanol–water partition coefficient (Wildman–Crippen LogP) is 2.20. The monoisotopic (exact) mass is 204 g/mol. The molecular weight excluding hydrogens is 188 g/mol. The SMILES string of the molecule is C=CC(Cc1ccccc1)OCC1CO1. The highest BCUT2D eigenvalue weighted by molar-refractivity contribution is 5.16. The molecule has 0 N–H and O–H groups in total. The molecule has 0 radical (unpaired) electrons. The zero-order chi connectivity index (χ0) is 10.5. The Bertz CT molecular complexity index is 304. The summed E-state index contributed by atoms with van der Waals surface area (Å²) in [4.78, 5) is 0. The summed E-state index contributed by atoms with van der Waals surface area (Å²) >= 11 is 0. The van der Waals surface area contributed by atoms with Gasteiger partial charge < -0.3 is 9.47 Å². The van der Waals surface area contributed by atoms with Gasteiger partial charge in [0.2, 0.25) is 0 Å². The molecule has 2 unspecified atom stereocenters. The topological polar surface area (TPSA) is 21.8 Å². The first kappa shape index (κ1) is 10.4. The van der Waals surface area contributed by atoms with E-state index in [1.54, 1.807) is 0 Å². The average molecular weight is 204 g/mol. The fourth-order valence-corrected chi connectivity index (χ4v) is 1.45. The Kier molecular flexibility index (Phi) is 3.54. The number of hydrogen-bond donors (Lipinski definition) is 0. The first-order valence-corrected chi connectivity index (χ1v) is 5.28. The smallest absolute Gasteiger partial charge is 0.104 e. The maximum atomic E-state index is 5.68. The highest BCUT2D eigenvalue weighted by Crippen LogP contribution is 2.12. The van der Waals surface area contributed by atoms with Crippen molar-refractivity contribution >= 4 is 0 Å². The molecule has 1 aliphatic rings. The van der Waals surface area contributed by atoms with Gasteiger partial charge in [-0.1, -0.05) is 36.4 Å². The lowest BCUT2D eigenvalue weighted by Crippen LogP contribution is -2.16. The lowest BCUT2D eigenvalue weighted by molar-refractivity contribution is 0.0725. The third kappa shape index (κ3) is 3.50. The number of hydrogen-bond acceptors (Lipinski definition) is 2. The van der Waals surface area contributed by atoms with Crippen LogP contribution in [-0.2, 0) is 15.9 Å². The Morgan fingerprint density at radius 3 is 2.80 bits per heavy atom. The van der Waals surface area contributed by atoms with Crippen LogP contribution in [-0.4, -0.2) is 25.4 Å². The number of rotatable bonds is 6. The van der Waals surface area contributed by atoms with Crippen LogP contribution in [0.1, 0.15) is 5.56 Å². The van der Waals surface area contributed by atoms with Gasteiger partial charge in [-0.15, -0.1) is 6.58 Å². The van der Waals surface area contributed by atoms with Gasteiger partial charge in [0.15, 0.2) is 0 Å². The van der Waals surface area contributed by atoms with Crippen LogP contribution in [0.5, 0.6) is 0 Å². The summed E-state index contributed by atoms with van der Waals surface area (Å²) in [6.07, 6.45) is 3.16. The first-order valence-electron chi connectivity index (χ1n) is 5.28. The molecule has 1 heterocycles. The van der Waals surface area contributed by atoms with E-state index in [0.717, 1.165) is 13.0 Å². The summed E-state index contributed by atoms with van der Waals surface area (Å²) in [5.74, 6) is 0. The molecule has 0 saturated carbocycles. The average Bonchev–Trinajstić information content (AvgIpc) is 3.09. The maximum Gasteiger partial charge on any atom is 0.104 e. The molecule has 0 bridgehead atoms. The van der Waals surface area contributed by atoms with Gasteiger partial charge in [0.05, 0.1) is 19.3 Å². The number of ether oxygens (including phenoxy) is 2. The largest absolute Gasteiger partial charge is 0.371 e. The minimum absolute atomic E-state index is 0.0941. The van der Waals surface area contributed by atoms with E-state index >= 15 is 0 Å². The quantitative estimate of drug-likeness (QED) is 0.523. The Hall–Kier alpha value is -1.12. The molecule has 1 saturated heterocycles. The van der Waals surface area contributed by atoms with Crippen LogP contribution in [0.25, 0.3) is 0 Å². The van der Waals surface area contributed by atoms with E-state index in [2.05, 4.69) is 18.7 Å².